The molecule has 1 heterocycles. The maximum absolute atomic E-state index is 12.1. The predicted octanol–water partition coefficient (Wildman–Crippen LogP) is 1.97. The zero-order chi connectivity index (χ0) is 14.8. The Balaban J connectivity index is 1.58. The number of likely N-dealkylation sites (tertiary alicyclic amines) is 1. The fraction of sp³-hybridized carbons (Fsp3) is 0.471. The fourth-order valence-corrected chi connectivity index (χ4v) is 2.82. The summed E-state index contributed by atoms with van der Waals surface area (Å²) in [4.78, 5) is 37.7. The van der Waals surface area contributed by atoms with Gasteiger partial charge >= 0.3 is 0 Å². The third kappa shape index (κ3) is 3.38. The molecule has 1 atom stereocenters. The summed E-state index contributed by atoms with van der Waals surface area (Å²) in [6.07, 6.45) is 2.68. The van der Waals surface area contributed by atoms with Gasteiger partial charge < -0.3 is 4.90 Å². The van der Waals surface area contributed by atoms with Gasteiger partial charge in [0.1, 0.15) is 0 Å². The third-order valence-corrected chi connectivity index (χ3v) is 4.25. The van der Waals surface area contributed by atoms with Crippen molar-refractivity contribution in [2.75, 3.05) is 6.54 Å². The molecule has 1 aliphatic heterocycles. The van der Waals surface area contributed by atoms with Gasteiger partial charge in [0, 0.05) is 25.9 Å². The van der Waals surface area contributed by atoms with E-state index in [0.29, 0.717) is 25.4 Å². The van der Waals surface area contributed by atoms with Crippen LogP contribution in [0.2, 0.25) is 0 Å². The SMILES string of the molecule is O=C(CC1CC1)C(=O)C1CC(=O)N(Cc2ccccc2)C1. The standard InChI is InChI=1S/C17H19NO3/c19-15(8-12-6-7-12)17(21)14-9-16(20)18(11-14)10-13-4-2-1-3-5-13/h1-5,12,14H,6-11H2. The van der Waals surface area contributed by atoms with Crippen LogP contribution in [-0.4, -0.2) is 28.9 Å². The molecule has 0 spiro atoms. The molecule has 0 radical (unpaired) electrons. The minimum absolute atomic E-state index is 0.0311. The van der Waals surface area contributed by atoms with Gasteiger partial charge in [-0.1, -0.05) is 30.3 Å². The Kier molecular flexibility index (Phi) is 3.86. The molecule has 0 aromatic heterocycles. The Morgan fingerprint density at radius 3 is 2.52 bits per heavy atom. The number of Topliss-reactive ketones (excluding diaryl/α,β-unsaturated/α-hetero) is 2. The van der Waals surface area contributed by atoms with Gasteiger partial charge in [-0.2, -0.15) is 0 Å². The van der Waals surface area contributed by atoms with E-state index in [1.807, 2.05) is 30.3 Å². The molecular weight excluding hydrogens is 266 g/mol. The first-order valence-corrected chi connectivity index (χ1v) is 7.52. The van der Waals surface area contributed by atoms with Crippen LogP contribution < -0.4 is 0 Å². The number of hydrogen-bond donors (Lipinski definition) is 0. The number of nitrogens with zero attached hydrogens (tertiary/aromatic N) is 1. The number of ketones is 2. The summed E-state index contributed by atoms with van der Waals surface area (Å²) in [5.74, 6) is -0.675. The Bertz CT molecular complexity index is 563. The van der Waals surface area contributed by atoms with Crippen molar-refractivity contribution in [2.45, 2.75) is 32.2 Å². The summed E-state index contributed by atoms with van der Waals surface area (Å²) < 4.78 is 0. The van der Waals surface area contributed by atoms with Gasteiger partial charge in [-0.15, -0.1) is 0 Å². The minimum atomic E-state index is -0.438. The highest BCUT2D eigenvalue weighted by Crippen LogP contribution is 2.33. The van der Waals surface area contributed by atoms with Crippen LogP contribution in [0, 0.1) is 11.8 Å². The third-order valence-electron chi connectivity index (χ3n) is 4.25. The smallest absolute Gasteiger partial charge is 0.223 e. The Morgan fingerprint density at radius 2 is 1.86 bits per heavy atom. The van der Waals surface area contributed by atoms with Crippen LogP contribution >= 0.6 is 0 Å². The van der Waals surface area contributed by atoms with Gasteiger partial charge in [-0.05, 0) is 24.3 Å². The molecule has 0 N–H and O–H groups in total. The first kappa shape index (κ1) is 14.0. The van der Waals surface area contributed by atoms with Crippen molar-refractivity contribution in [2.24, 2.45) is 11.8 Å². The summed E-state index contributed by atoms with van der Waals surface area (Å²) in [6, 6.07) is 9.70. The van der Waals surface area contributed by atoms with Gasteiger partial charge in [0.15, 0.2) is 5.78 Å². The van der Waals surface area contributed by atoms with E-state index in [4.69, 9.17) is 0 Å². The van der Waals surface area contributed by atoms with Crippen LogP contribution in [0.25, 0.3) is 0 Å². The zero-order valence-corrected chi connectivity index (χ0v) is 12.0. The molecule has 1 saturated heterocycles. The van der Waals surface area contributed by atoms with Gasteiger partial charge in [-0.25, -0.2) is 0 Å². The average molecular weight is 285 g/mol. The molecule has 0 bridgehead atoms. The van der Waals surface area contributed by atoms with E-state index < -0.39 is 5.92 Å². The molecule has 1 saturated carbocycles. The fourth-order valence-electron chi connectivity index (χ4n) is 2.82. The van der Waals surface area contributed by atoms with E-state index >= 15 is 0 Å². The molecule has 1 unspecified atom stereocenters. The normalized spacial score (nSPS) is 21.6. The molecular formula is C17H19NO3. The zero-order valence-electron chi connectivity index (χ0n) is 12.0. The van der Waals surface area contributed by atoms with Crippen LogP contribution in [0.4, 0.5) is 0 Å². The maximum Gasteiger partial charge on any atom is 0.223 e. The lowest BCUT2D eigenvalue weighted by atomic mass is 9.97. The molecule has 1 aliphatic carbocycles. The molecule has 1 aromatic rings. The Hall–Kier alpha value is -1.97. The number of carbonyl (C=O) groups is 3. The second-order valence-electron chi connectivity index (χ2n) is 6.10. The summed E-state index contributed by atoms with van der Waals surface area (Å²) in [5, 5.41) is 0. The van der Waals surface area contributed by atoms with E-state index in [2.05, 4.69) is 0 Å². The van der Waals surface area contributed by atoms with Gasteiger partial charge in [0.2, 0.25) is 11.7 Å². The van der Waals surface area contributed by atoms with E-state index in [1.165, 1.54) is 0 Å². The summed E-state index contributed by atoms with van der Waals surface area (Å²) >= 11 is 0. The summed E-state index contributed by atoms with van der Waals surface area (Å²) in [5.41, 5.74) is 1.04. The van der Waals surface area contributed by atoms with Gasteiger partial charge in [0.25, 0.3) is 0 Å². The second kappa shape index (κ2) is 5.80. The highest BCUT2D eigenvalue weighted by atomic mass is 16.2. The van der Waals surface area contributed by atoms with E-state index in [9.17, 15) is 14.4 Å². The van der Waals surface area contributed by atoms with Crippen molar-refractivity contribution in [3.05, 3.63) is 35.9 Å². The van der Waals surface area contributed by atoms with E-state index in [0.717, 1.165) is 18.4 Å². The maximum atomic E-state index is 12.1. The number of amides is 1. The molecule has 2 fully saturated rings. The van der Waals surface area contributed by atoms with Crippen LogP contribution in [0.3, 0.4) is 0 Å². The van der Waals surface area contributed by atoms with Crippen molar-refractivity contribution in [3.63, 3.8) is 0 Å². The molecule has 1 amide bonds. The first-order chi connectivity index (χ1) is 10.1. The lowest BCUT2D eigenvalue weighted by Crippen LogP contribution is -2.28. The largest absolute Gasteiger partial charge is 0.338 e. The molecule has 2 aliphatic rings. The van der Waals surface area contributed by atoms with Crippen LogP contribution in [0.5, 0.6) is 0 Å². The van der Waals surface area contributed by atoms with Crippen molar-refractivity contribution in [1.29, 1.82) is 0 Å². The Morgan fingerprint density at radius 1 is 1.14 bits per heavy atom. The van der Waals surface area contributed by atoms with E-state index in [1.54, 1.807) is 4.90 Å². The lowest BCUT2D eigenvalue weighted by molar-refractivity contribution is -0.139. The van der Waals surface area contributed by atoms with Crippen LogP contribution in [0.15, 0.2) is 30.3 Å². The number of hydrogen-bond acceptors (Lipinski definition) is 3. The quantitative estimate of drug-likeness (QED) is 0.751. The number of benzene rings is 1. The highest BCUT2D eigenvalue weighted by Gasteiger charge is 2.38. The second-order valence-corrected chi connectivity index (χ2v) is 6.10. The molecule has 4 nitrogen and oxygen atoms in total. The molecule has 4 heteroatoms. The molecule has 21 heavy (non-hydrogen) atoms. The molecule has 1 aromatic carbocycles. The van der Waals surface area contributed by atoms with Gasteiger partial charge in [0.05, 0.1) is 5.92 Å². The number of rotatable bonds is 6. The summed E-state index contributed by atoms with van der Waals surface area (Å²) in [7, 11) is 0. The topological polar surface area (TPSA) is 54.5 Å². The van der Waals surface area contributed by atoms with Crippen molar-refractivity contribution < 1.29 is 14.4 Å². The average Bonchev–Trinajstić information content (AvgIpc) is 3.22. The summed E-state index contributed by atoms with van der Waals surface area (Å²) in [6.45, 7) is 0.892. The van der Waals surface area contributed by atoms with Crippen molar-refractivity contribution in [1.82, 2.24) is 4.90 Å². The molecule has 3 rings (SSSR count). The van der Waals surface area contributed by atoms with Crippen molar-refractivity contribution in [3.8, 4) is 0 Å². The minimum Gasteiger partial charge on any atom is -0.338 e. The Labute approximate surface area is 124 Å². The van der Waals surface area contributed by atoms with Crippen LogP contribution in [0.1, 0.15) is 31.2 Å². The lowest BCUT2D eigenvalue weighted by Gasteiger charge is -2.16. The first-order valence-electron chi connectivity index (χ1n) is 7.52. The monoisotopic (exact) mass is 285 g/mol. The number of carbonyl (C=O) groups excluding carboxylic acids is 3. The molecule has 110 valence electrons. The predicted molar refractivity (Wildman–Crippen MR) is 77.3 cm³/mol. The van der Waals surface area contributed by atoms with E-state index in [-0.39, 0.29) is 23.9 Å². The highest BCUT2D eigenvalue weighted by molar-refractivity contribution is 6.38. The van der Waals surface area contributed by atoms with Crippen molar-refractivity contribution >= 4 is 17.5 Å². The van der Waals surface area contributed by atoms with Gasteiger partial charge in [-0.3, -0.25) is 14.4 Å². The van der Waals surface area contributed by atoms with Crippen LogP contribution in [-0.2, 0) is 20.9 Å².